The molecular formula is C23H20ClN3O4S2. The van der Waals surface area contributed by atoms with Crippen LogP contribution in [0.1, 0.15) is 6.92 Å². The maximum atomic E-state index is 13.3. The normalized spacial score (nSPS) is 11.5. The van der Waals surface area contributed by atoms with Crippen LogP contribution in [0, 0.1) is 0 Å². The zero-order valence-electron chi connectivity index (χ0n) is 17.6. The first-order valence-electron chi connectivity index (χ1n) is 10.0. The molecule has 170 valence electrons. The van der Waals surface area contributed by atoms with E-state index in [1.54, 1.807) is 37.3 Å². The number of sulfonamides is 1. The van der Waals surface area contributed by atoms with Crippen molar-refractivity contribution in [2.75, 3.05) is 21.9 Å². The number of carbonyl (C=O) groups excluding carboxylic acids is 1. The minimum absolute atomic E-state index is 0.0191. The summed E-state index contributed by atoms with van der Waals surface area (Å²) in [7, 11) is -3.86. The third kappa shape index (κ3) is 5.16. The lowest BCUT2D eigenvalue weighted by Crippen LogP contribution is -2.30. The van der Waals surface area contributed by atoms with E-state index in [2.05, 4.69) is 10.3 Å². The predicted octanol–water partition coefficient (Wildman–Crippen LogP) is 5.43. The zero-order chi connectivity index (χ0) is 23.4. The molecule has 4 aromatic rings. The van der Waals surface area contributed by atoms with Crippen molar-refractivity contribution < 1.29 is 17.6 Å². The molecule has 0 saturated carbocycles. The molecule has 0 spiro atoms. The molecule has 3 aromatic carbocycles. The highest BCUT2D eigenvalue weighted by atomic mass is 35.5. The van der Waals surface area contributed by atoms with Crippen molar-refractivity contribution in [3.05, 3.63) is 77.8 Å². The highest BCUT2D eigenvalue weighted by Gasteiger charge is 2.24. The van der Waals surface area contributed by atoms with E-state index in [1.165, 1.54) is 22.5 Å². The third-order valence-electron chi connectivity index (χ3n) is 4.73. The van der Waals surface area contributed by atoms with Crippen LogP contribution in [0.3, 0.4) is 0 Å². The smallest absolute Gasteiger partial charge is 0.264 e. The summed E-state index contributed by atoms with van der Waals surface area (Å²) in [5.74, 6) is -0.347. The van der Waals surface area contributed by atoms with Gasteiger partial charge >= 0.3 is 0 Å². The molecule has 0 aliphatic heterocycles. The molecule has 33 heavy (non-hydrogen) atoms. The molecule has 10 heteroatoms. The van der Waals surface area contributed by atoms with Crippen LogP contribution in [0.2, 0.25) is 5.02 Å². The van der Waals surface area contributed by atoms with Crippen molar-refractivity contribution in [3.8, 4) is 0 Å². The summed E-state index contributed by atoms with van der Waals surface area (Å²) in [6.07, 6.45) is 0. The van der Waals surface area contributed by atoms with Crippen LogP contribution < -0.4 is 9.62 Å². The number of carbonyl (C=O) groups is 1. The Bertz CT molecular complexity index is 1360. The van der Waals surface area contributed by atoms with Gasteiger partial charge in [0.15, 0.2) is 5.58 Å². The largest absolute Gasteiger partial charge is 0.431 e. The Morgan fingerprint density at radius 1 is 1.09 bits per heavy atom. The van der Waals surface area contributed by atoms with Gasteiger partial charge in [-0.05, 0) is 49.4 Å². The first-order valence-corrected chi connectivity index (χ1v) is 12.8. The molecule has 0 unspecified atom stereocenters. The second kappa shape index (κ2) is 9.86. The van der Waals surface area contributed by atoms with E-state index in [1.807, 2.05) is 24.3 Å². The molecule has 0 aliphatic carbocycles. The van der Waals surface area contributed by atoms with Gasteiger partial charge in [-0.3, -0.25) is 9.10 Å². The summed E-state index contributed by atoms with van der Waals surface area (Å²) < 4.78 is 33.4. The number of fused-ring (bicyclic) bond motifs is 1. The lowest BCUT2D eigenvalue weighted by molar-refractivity contribution is -0.113. The molecule has 0 aliphatic rings. The van der Waals surface area contributed by atoms with Crippen LogP contribution in [0.25, 0.3) is 11.1 Å². The van der Waals surface area contributed by atoms with Gasteiger partial charge in [0.25, 0.3) is 15.2 Å². The van der Waals surface area contributed by atoms with E-state index >= 15 is 0 Å². The summed E-state index contributed by atoms with van der Waals surface area (Å²) in [6, 6.07) is 20.4. The first-order chi connectivity index (χ1) is 15.9. The van der Waals surface area contributed by atoms with Crippen LogP contribution in [0.5, 0.6) is 0 Å². The van der Waals surface area contributed by atoms with Gasteiger partial charge in [0.05, 0.1) is 27.0 Å². The number of para-hydroxylation sites is 3. The molecule has 0 radical (unpaired) electrons. The maximum Gasteiger partial charge on any atom is 0.264 e. The number of anilines is 2. The molecular weight excluding hydrogens is 482 g/mol. The Balaban J connectivity index is 1.50. The monoisotopic (exact) mass is 501 g/mol. The van der Waals surface area contributed by atoms with Crippen molar-refractivity contribution in [3.63, 3.8) is 0 Å². The highest BCUT2D eigenvalue weighted by Crippen LogP contribution is 2.30. The number of nitrogens with zero attached hydrogens (tertiary/aromatic N) is 2. The average Bonchev–Trinajstić information content (AvgIpc) is 3.23. The van der Waals surface area contributed by atoms with Crippen molar-refractivity contribution >= 4 is 61.8 Å². The summed E-state index contributed by atoms with van der Waals surface area (Å²) in [5.41, 5.74) is 2.11. The number of hydrogen-bond donors (Lipinski definition) is 1. The molecule has 7 nitrogen and oxygen atoms in total. The van der Waals surface area contributed by atoms with Gasteiger partial charge < -0.3 is 9.73 Å². The SMILES string of the molecule is CCN(c1ccccc1)S(=O)(=O)c1ccc(Cl)c(NC(=O)CSc2nc3ccccc3o2)c1. The highest BCUT2D eigenvalue weighted by molar-refractivity contribution is 7.99. The fraction of sp³-hybridized carbons (Fsp3) is 0.130. The Morgan fingerprint density at radius 2 is 1.82 bits per heavy atom. The fourth-order valence-corrected chi connectivity index (χ4v) is 5.50. The van der Waals surface area contributed by atoms with E-state index in [0.29, 0.717) is 22.0 Å². The molecule has 0 saturated heterocycles. The second-order valence-electron chi connectivity index (χ2n) is 6.93. The average molecular weight is 502 g/mol. The lowest BCUT2D eigenvalue weighted by atomic mass is 10.3. The fourth-order valence-electron chi connectivity index (χ4n) is 3.20. The topological polar surface area (TPSA) is 92.5 Å². The van der Waals surface area contributed by atoms with Gasteiger partial charge in [0.1, 0.15) is 5.52 Å². The number of rotatable bonds is 8. The van der Waals surface area contributed by atoms with Crippen molar-refractivity contribution in [1.29, 1.82) is 0 Å². The third-order valence-corrected chi connectivity index (χ3v) is 7.79. The number of halogens is 1. The zero-order valence-corrected chi connectivity index (χ0v) is 20.0. The standard InChI is InChI=1S/C23H20ClN3O4S2/c1-2-27(16-8-4-3-5-9-16)33(29,30)17-12-13-18(24)20(14-17)25-22(28)15-32-23-26-19-10-6-7-11-21(19)31-23/h3-14H,2,15H2,1H3,(H,25,28). The van der Waals surface area contributed by atoms with Crippen LogP contribution in [0.15, 0.2) is 87.3 Å². The van der Waals surface area contributed by atoms with E-state index in [9.17, 15) is 13.2 Å². The Hall–Kier alpha value is -3.01. The molecule has 1 amide bonds. The predicted molar refractivity (Wildman–Crippen MR) is 131 cm³/mol. The molecule has 1 aromatic heterocycles. The molecule has 1 heterocycles. The number of aromatic nitrogens is 1. The van der Waals surface area contributed by atoms with Crippen molar-refractivity contribution in [2.24, 2.45) is 0 Å². The van der Waals surface area contributed by atoms with Crippen molar-refractivity contribution in [2.45, 2.75) is 17.0 Å². The van der Waals surface area contributed by atoms with Gasteiger partial charge in [-0.15, -0.1) is 0 Å². The molecule has 4 rings (SSSR count). The van der Waals surface area contributed by atoms with Gasteiger partial charge in [0, 0.05) is 6.54 Å². The van der Waals surface area contributed by atoms with Gasteiger partial charge in [-0.2, -0.15) is 0 Å². The van der Waals surface area contributed by atoms with Gasteiger partial charge in [-0.25, -0.2) is 13.4 Å². The molecule has 0 atom stereocenters. The number of oxazole rings is 1. The Morgan fingerprint density at radius 3 is 2.55 bits per heavy atom. The molecule has 0 bridgehead atoms. The number of benzene rings is 3. The molecule has 1 N–H and O–H groups in total. The molecule has 0 fully saturated rings. The van der Waals surface area contributed by atoms with Gasteiger partial charge in [0.2, 0.25) is 5.91 Å². The van der Waals surface area contributed by atoms with Crippen LogP contribution in [-0.2, 0) is 14.8 Å². The van der Waals surface area contributed by atoms with E-state index in [-0.39, 0.29) is 33.8 Å². The van der Waals surface area contributed by atoms with Crippen LogP contribution in [-0.4, -0.2) is 31.6 Å². The van der Waals surface area contributed by atoms with E-state index < -0.39 is 10.0 Å². The van der Waals surface area contributed by atoms with Crippen LogP contribution in [0.4, 0.5) is 11.4 Å². The summed E-state index contributed by atoms with van der Waals surface area (Å²) >= 11 is 7.37. The minimum atomic E-state index is -3.86. The number of hydrogen-bond acceptors (Lipinski definition) is 6. The Labute approximate surface area is 200 Å². The van der Waals surface area contributed by atoms with Gasteiger partial charge in [-0.1, -0.05) is 53.7 Å². The lowest BCUT2D eigenvalue weighted by Gasteiger charge is -2.23. The minimum Gasteiger partial charge on any atom is -0.431 e. The number of thioether (sulfide) groups is 1. The number of nitrogens with one attached hydrogen (secondary N) is 1. The van der Waals surface area contributed by atoms with E-state index in [0.717, 1.165) is 11.8 Å². The summed E-state index contributed by atoms with van der Waals surface area (Å²) in [4.78, 5) is 16.9. The Kier molecular flexibility index (Phi) is 6.92. The van der Waals surface area contributed by atoms with Crippen LogP contribution >= 0.6 is 23.4 Å². The second-order valence-corrected chi connectivity index (χ2v) is 10.1. The quantitative estimate of drug-likeness (QED) is 0.324. The number of amides is 1. The van der Waals surface area contributed by atoms with E-state index in [4.69, 9.17) is 16.0 Å². The summed E-state index contributed by atoms with van der Waals surface area (Å²) in [6.45, 7) is 2.00. The summed E-state index contributed by atoms with van der Waals surface area (Å²) in [5, 5.41) is 3.28. The maximum absolute atomic E-state index is 13.3. The van der Waals surface area contributed by atoms with Crippen molar-refractivity contribution in [1.82, 2.24) is 4.98 Å². The first kappa shape index (κ1) is 23.2.